The summed E-state index contributed by atoms with van der Waals surface area (Å²) in [5.41, 5.74) is 0.838. The van der Waals surface area contributed by atoms with Gasteiger partial charge in [-0.3, -0.25) is 4.90 Å². The Bertz CT molecular complexity index is 273. The molecule has 19 heavy (non-hydrogen) atoms. The molecule has 1 N–H and O–H groups in total. The van der Waals surface area contributed by atoms with E-state index in [4.69, 9.17) is 0 Å². The zero-order valence-corrected chi connectivity index (χ0v) is 13.6. The van der Waals surface area contributed by atoms with Crippen molar-refractivity contribution in [3.8, 4) is 0 Å². The maximum absolute atomic E-state index is 3.96. The third kappa shape index (κ3) is 3.72. The fourth-order valence-electron chi connectivity index (χ4n) is 4.01. The fourth-order valence-corrected chi connectivity index (χ4v) is 4.01. The minimum absolute atomic E-state index is 0.386. The number of nitrogens with zero attached hydrogens (tertiary/aromatic N) is 1. The number of hydrogen-bond donors (Lipinski definition) is 1. The van der Waals surface area contributed by atoms with E-state index in [0.29, 0.717) is 17.0 Å². The Balaban J connectivity index is 2.05. The first kappa shape index (κ1) is 15.3. The Kier molecular flexibility index (Phi) is 4.94. The van der Waals surface area contributed by atoms with Gasteiger partial charge in [0.15, 0.2) is 0 Å². The van der Waals surface area contributed by atoms with Crippen molar-refractivity contribution in [3.05, 3.63) is 0 Å². The van der Waals surface area contributed by atoms with Crippen molar-refractivity contribution in [3.63, 3.8) is 0 Å². The van der Waals surface area contributed by atoms with Gasteiger partial charge in [-0.15, -0.1) is 0 Å². The summed E-state index contributed by atoms with van der Waals surface area (Å²) in [4.78, 5) is 2.81. The molecule has 0 radical (unpaired) electrons. The molecule has 0 bridgehead atoms. The van der Waals surface area contributed by atoms with Crippen molar-refractivity contribution < 1.29 is 0 Å². The molecule has 1 saturated heterocycles. The maximum atomic E-state index is 3.96. The highest BCUT2D eigenvalue weighted by Gasteiger charge is 2.42. The van der Waals surface area contributed by atoms with Crippen LogP contribution in [0.5, 0.6) is 0 Å². The molecule has 0 aromatic rings. The van der Waals surface area contributed by atoms with Crippen LogP contribution in [0.4, 0.5) is 0 Å². The second kappa shape index (κ2) is 6.13. The zero-order valence-electron chi connectivity index (χ0n) is 13.6. The molecule has 1 atom stereocenters. The summed E-state index contributed by atoms with van der Waals surface area (Å²) >= 11 is 0. The van der Waals surface area contributed by atoms with Gasteiger partial charge in [0.2, 0.25) is 0 Å². The van der Waals surface area contributed by atoms with Crippen LogP contribution >= 0.6 is 0 Å². The van der Waals surface area contributed by atoms with Gasteiger partial charge in [-0.25, -0.2) is 0 Å². The topological polar surface area (TPSA) is 15.3 Å². The first-order valence-corrected chi connectivity index (χ1v) is 8.46. The van der Waals surface area contributed by atoms with Gasteiger partial charge >= 0.3 is 0 Å². The van der Waals surface area contributed by atoms with Crippen LogP contribution in [-0.2, 0) is 0 Å². The molecular formula is C17H34N2. The standard InChI is InChI=1S/C17H34N2/c1-5-6-12-19-14-17(10-8-7-9-11-17)18-13-15(19)16(2,3)4/h15,18H,5-14H2,1-4H3. The van der Waals surface area contributed by atoms with Gasteiger partial charge in [-0.2, -0.15) is 0 Å². The van der Waals surface area contributed by atoms with E-state index in [1.54, 1.807) is 0 Å². The molecule has 1 aliphatic carbocycles. The lowest BCUT2D eigenvalue weighted by Crippen LogP contribution is -2.67. The van der Waals surface area contributed by atoms with Crippen LogP contribution in [0.1, 0.15) is 72.6 Å². The molecular weight excluding hydrogens is 232 g/mol. The number of unbranched alkanes of at least 4 members (excludes halogenated alkanes) is 1. The monoisotopic (exact) mass is 266 g/mol. The minimum atomic E-state index is 0.386. The van der Waals surface area contributed by atoms with Crippen LogP contribution < -0.4 is 5.32 Å². The Labute approximate surface area is 120 Å². The molecule has 2 fully saturated rings. The van der Waals surface area contributed by atoms with Crippen molar-refractivity contribution in [1.82, 2.24) is 10.2 Å². The van der Waals surface area contributed by atoms with Crippen molar-refractivity contribution in [2.45, 2.75) is 84.2 Å². The largest absolute Gasteiger partial charge is 0.308 e. The summed E-state index contributed by atoms with van der Waals surface area (Å²) in [5, 5.41) is 3.96. The van der Waals surface area contributed by atoms with Crippen molar-refractivity contribution in [2.24, 2.45) is 5.41 Å². The SMILES string of the molecule is CCCCN1CC2(CCCCC2)NCC1C(C)(C)C. The predicted octanol–water partition coefficient (Wildman–Crippen LogP) is 3.81. The van der Waals surface area contributed by atoms with Gasteiger partial charge in [0.05, 0.1) is 0 Å². The second-order valence-corrected chi connectivity index (χ2v) is 7.93. The van der Waals surface area contributed by atoms with E-state index in [-0.39, 0.29) is 0 Å². The molecule has 2 heteroatoms. The third-order valence-corrected chi connectivity index (χ3v) is 5.23. The van der Waals surface area contributed by atoms with Crippen LogP contribution in [0.2, 0.25) is 0 Å². The fraction of sp³-hybridized carbons (Fsp3) is 1.00. The predicted molar refractivity (Wildman–Crippen MR) is 83.5 cm³/mol. The van der Waals surface area contributed by atoms with Crippen LogP contribution in [-0.4, -0.2) is 36.1 Å². The third-order valence-electron chi connectivity index (χ3n) is 5.23. The van der Waals surface area contributed by atoms with Gasteiger partial charge in [0, 0.05) is 24.7 Å². The summed E-state index contributed by atoms with van der Waals surface area (Å²) in [6.45, 7) is 13.3. The first-order valence-electron chi connectivity index (χ1n) is 8.46. The van der Waals surface area contributed by atoms with Gasteiger partial charge < -0.3 is 5.32 Å². The average molecular weight is 266 g/mol. The number of rotatable bonds is 3. The van der Waals surface area contributed by atoms with E-state index in [1.165, 1.54) is 64.6 Å². The number of piperazine rings is 1. The summed E-state index contributed by atoms with van der Waals surface area (Å²) in [7, 11) is 0. The van der Waals surface area contributed by atoms with Gasteiger partial charge in [-0.05, 0) is 31.2 Å². The van der Waals surface area contributed by atoms with E-state index in [0.717, 1.165) is 0 Å². The van der Waals surface area contributed by atoms with Gasteiger partial charge in [0.25, 0.3) is 0 Å². The average Bonchev–Trinajstić information content (AvgIpc) is 2.36. The highest BCUT2D eigenvalue weighted by molar-refractivity contribution is 5.02. The van der Waals surface area contributed by atoms with Crippen molar-refractivity contribution >= 4 is 0 Å². The summed E-state index contributed by atoms with van der Waals surface area (Å²) < 4.78 is 0. The van der Waals surface area contributed by atoms with E-state index in [2.05, 4.69) is 37.9 Å². The minimum Gasteiger partial charge on any atom is -0.308 e. The van der Waals surface area contributed by atoms with Crippen molar-refractivity contribution in [2.75, 3.05) is 19.6 Å². The van der Waals surface area contributed by atoms with Gasteiger partial charge in [0.1, 0.15) is 0 Å². The molecule has 112 valence electrons. The second-order valence-electron chi connectivity index (χ2n) is 7.93. The Morgan fingerprint density at radius 3 is 2.42 bits per heavy atom. The van der Waals surface area contributed by atoms with Crippen LogP contribution in [0.25, 0.3) is 0 Å². The lowest BCUT2D eigenvalue weighted by Gasteiger charge is -2.53. The van der Waals surface area contributed by atoms with Crippen molar-refractivity contribution in [1.29, 1.82) is 0 Å². The van der Waals surface area contributed by atoms with E-state index in [1.807, 2.05) is 0 Å². The number of nitrogens with one attached hydrogen (secondary N) is 1. The van der Waals surface area contributed by atoms with Crippen LogP contribution in [0.3, 0.4) is 0 Å². The highest BCUT2D eigenvalue weighted by Crippen LogP contribution is 2.35. The summed E-state index contributed by atoms with van der Waals surface area (Å²) in [6, 6.07) is 0.701. The van der Waals surface area contributed by atoms with E-state index >= 15 is 0 Å². The molecule has 0 aromatic heterocycles. The normalized spacial score (nSPS) is 28.7. The molecule has 1 heterocycles. The quantitative estimate of drug-likeness (QED) is 0.835. The van der Waals surface area contributed by atoms with Gasteiger partial charge in [-0.1, -0.05) is 53.4 Å². The maximum Gasteiger partial charge on any atom is 0.0309 e. The highest BCUT2D eigenvalue weighted by atomic mass is 15.3. The Hall–Kier alpha value is -0.0800. The number of hydrogen-bond acceptors (Lipinski definition) is 2. The molecule has 1 spiro atoms. The molecule has 1 aliphatic heterocycles. The van der Waals surface area contributed by atoms with E-state index < -0.39 is 0 Å². The Morgan fingerprint density at radius 1 is 1.16 bits per heavy atom. The smallest absolute Gasteiger partial charge is 0.0309 e. The lowest BCUT2D eigenvalue weighted by atomic mass is 9.76. The first-order chi connectivity index (χ1) is 8.97. The molecule has 2 rings (SSSR count). The molecule has 0 amide bonds. The molecule has 2 aliphatic rings. The van der Waals surface area contributed by atoms with E-state index in [9.17, 15) is 0 Å². The summed E-state index contributed by atoms with van der Waals surface area (Å²) in [6.07, 6.45) is 9.75. The molecule has 1 saturated carbocycles. The lowest BCUT2D eigenvalue weighted by molar-refractivity contribution is 0.00780. The molecule has 2 nitrogen and oxygen atoms in total. The molecule has 0 aromatic carbocycles. The Morgan fingerprint density at radius 2 is 1.84 bits per heavy atom. The zero-order chi connectivity index (χ0) is 13.9. The van der Waals surface area contributed by atoms with Crippen LogP contribution in [0, 0.1) is 5.41 Å². The molecule has 1 unspecified atom stereocenters. The summed E-state index contributed by atoms with van der Waals surface area (Å²) in [5.74, 6) is 0. The van der Waals surface area contributed by atoms with Crippen LogP contribution in [0.15, 0.2) is 0 Å².